The molecule has 0 spiro atoms. The van der Waals surface area contributed by atoms with E-state index in [0.717, 1.165) is 10.8 Å². The van der Waals surface area contributed by atoms with Crippen molar-refractivity contribution in [2.75, 3.05) is 7.11 Å². The fourth-order valence-electron chi connectivity index (χ4n) is 1.73. The van der Waals surface area contributed by atoms with Gasteiger partial charge >= 0.3 is 0 Å². The van der Waals surface area contributed by atoms with Crippen LogP contribution >= 0.6 is 0 Å². The Morgan fingerprint density at radius 2 is 2.06 bits per heavy atom. The number of carbonyl (C=O) groups excluding carboxylic acids is 1. The zero-order valence-electron chi connectivity index (χ0n) is 10.2. The zero-order chi connectivity index (χ0) is 12.5. The summed E-state index contributed by atoms with van der Waals surface area (Å²) >= 11 is 0. The molecule has 0 atom stereocenters. The molecule has 0 aliphatic carbocycles. The van der Waals surface area contributed by atoms with E-state index in [9.17, 15) is 4.79 Å². The first kappa shape index (κ1) is 11.7. The molecule has 1 aromatic carbocycles. The average Bonchev–Trinajstić information content (AvgIpc) is 2.37. The quantitative estimate of drug-likeness (QED) is 0.760. The van der Waals surface area contributed by atoms with Crippen LogP contribution in [0.2, 0.25) is 0 Å². The smallest absolute Gasteiger partial charge is 0.194 e. The summed E-state index contributed by atoms with van der Waals surface area (Å²) in [5.74, 6) is -0.0291. The molecule has 0 amide bonds. The van der Waals surface area contributed by atoms with Gasteiger partial charge in [0.25, 0.3) is 0 Å². The van der Waals surface area contributed by atoms with E-state index in [1.807, 2.05) is 24.3 Å². The van der Waals surface area contributed by atoms with Crippen molar-refractivity contribution in [1.29, 1.82) is 0 Å². The van der Waals surface area contributed by atoms with E-state index >= 15 is 0 Å². The van der Waals surface area contributed by atoms with Crippen LogP contribution in [0.3, 0.4) is 0 Å². The molecule has 0 aliphatic heterocycles. The second-order valence-corrected chi connectivity index (χ2v) is 4.45. The van der Waals surface area contributed by atoms with E-state index in [1.165, 1.54) is 0 Å². The Morgan fingerprint density at radius 3 is 2.76 bits per heavy atom. The number of nitrogens with zero attached hydrogens (tertiary/aromatic N) is 1. The molecule has 1 aromatic heterocycles. The second kappa shape index (κ2) is 4.26. The van der Waals surface area contributed by atoms with Gasteiger partial charge < -0.3 is 4.74 Å². The van der Waals surface area contributed by atoms with Crippen LogP contribution in [0, 0.1) is 0 Å². The number of ether oxygens (including phenoxy) is 1. The van der Waals surface area contributed by atoms with Gasteiger partial charge in [0.05, 0.1) is 0 Å². The molecule has 0 radical (unpaired) electrons. The van der Waals surface area contributed by atoms with Crippen molar-refractivity contribution < 1.29 is 9.53 Å². The lowest BCUT2D eigenvalue weighted by molar-refractivity contribution is 0.0230. The van der Waals surface area contributed by atoms with Crippen LogP contribution in [0.15, 0.2) is 36.7 Å². The maximum atomic E-state index is 12.4. The molecule has 0 fully saturated rings. The maximum Gasteiger partial charge on any atom is 0.194 e. The van der Waals surface area contributed by atoms with Crippen molar-refractivity contribution >= 4 is 16.6 Å². The molecule has 2 rings (SSSR count). The monoisotopic (exact) mass is 229 g/mol. The lowest BCUT2D eigenvalue weighted by Gasteiger charge is -2.21. The van der Waals surface area contributed by atoms with Crippen LogP contribution in [0.1, 0.15) is 24.2 Å². The summed E-state index contributed by atoms with van der Waals surface area (Å²) in [4.78, 5) is 16.4. The molecular weight excluding hydrogens is 214 g/mol. The topological polar surface area (TPSA) is 39.2 Å². The fraction of sp³-hybridized carbons (Fsp3) is 0.286. The number of hydrogen-bond donors (Lipinski definition) is 0. The summed E-state index contributed by atoms with van der Waals surface area (Å²) in [6, 6.07) is 7.55. The van der Waals surface area contributed by atoms with Gasteiger partial charge in [-0.2, -0.15) is 0 Å². The summed E-state index contributed by atoms with van der Waals surface area (Å²) in [7, 11) is 1.54. The van der Waals surface area contributed by atoms with Crippen molar-refractivity contribution in [2.24, 2.45) is 0 Å². The van der Waals surface area contributed by atoms with Crippen molar-refractivity contribution in [2.45, 2.75) is 19.4 Å². The van der Waals surface area contributed by atoms with Gasteiger partial charge in [0.2, 0.25) is 0 Å². The number of ketones is 1. The lowest BCUT2D eigenvalue weighted by Crippen LogP contribution is -2.33. The molecule has 3 nitrogen and oxygen atoms in total. The van der Waals surface area contributed by atoms with Gasteiger partial charge in [0.15, 0.2) is 5.78 Å². The van der Waals surface area contributed by atoms with E-state index in [2.05, 4.69) is 4.98 Å². The van der Waals surface area contributed by atoms with Crippen molar-refractivity contribution in [3.05, 3.63) is 42.2 Å². The van der Waals surface area contributed by atoms with Gasteiger partial charge in [-0.05, 0) is 25.3 Å². The van der Waals surface area contributed by atoms with Crippen molar-refractivity contribution in [3.8, 4) is 0 Å². The molecule has 0 aliphatic rings. The highest BCUT2D eigenvalue weighted by Crippen LogP contribution is 2.23. The number of rotatable bonds is 3. The van der Waals surface area contributed by atoms with Crippen LogP contribution in [-0.4, -0.2) is 23.5 Å². The average molecular weight is 229 g/mol. The zero-order valence-corrected chi connectivity index (χ0v) is 10.2. The van der Waals surface area contributed by atoms with Gasteiger partial charge in [-0.25, -0.2) is 0 Å². The molecule has 0 bridgehead atoms. The van der Waals surface area contributed by atoms with Crippen molar-refractivity contribution in [1.82, 2.24) is 4.98 Å². The SMILES string of the molecule is COC(C)(C)C(=O)c1cccc2ccncc12. The predicted octanol–water partition coefficient (Wildman–Crippen LogP) is 2.84. The summed E-state index contributed by atoms with van der Waals surface area (Å²) in [6.45, 7) is 3.54. The molecular formula is C14H15NO2. The van der Waals surface area contributed by atoms with E-state index in [4.69, 9.17) is 4.74 Å². The molecule has 0 N–H and O–H groups in total. The van der Waals surface area contributed by atoms with E-state index in [-0.39, 0.29) is 5.78 Å². The molecule has 17 heavy (non-hydrogen) atoms. The van der Waals surface area contributed by atoms with Gasteiger partial charge in [0.1, 0.15) is 5.60 Å². The Balaban J connectivity index is 2.60. The van der Waals surface area contributed by atoms with Gasteiger partial charge in [-0.1, -0.05) is 18.2 Å². The first-order valence-electron chi connectivity index (χ1n) is 5.49. The van der Waals surface area contributed by atoms with Gasteiger partial charge in [-0.3, -0.25) is 9.78 Å². The number of fused-ring (bicyclic) bond motifs is 1. The lowest BCUT2D eigenvalue weighted by atomic mass is 9.93. The molecule has 0 saturated heterocycles. The second-order valence-electron chi connectivity index (χ2n) is 4.45. The molecule has 0 saturated carbocycles. The third kappa shape index (κ3) is 2.06. The van der Waals surface area contributed by atoms with Gasteiger partial charge in [-0.15, -0.1) is 0 Å². The van der Waals surface area contributed by atoms with Crippen LogP contribution in [0.4, 0.5) is 0 Å². The third-order valence-electron chi connectivity index (χ3n) is 2.99. The minimum absolute atomic E-state index is 0.0291. The standard InChI is InChI=1S/C14H15NO2/c1-14(2,17-3)13(16)11-6-4-5-10-7-8-15-9-12(10)11/h4-9H,1-3H3. The number of benzene rings is 1. The largest absolute Gasteiger partial charge is 0.371 e. The first-order chi connectivity index (χ1) is 8.06. The van der Waals surface area contributed by atoms with Crippen LogP contribution in [-0.2, 0) is 4.74 Å². The van der Waals surface area contributed by atoms with E-state index in [0.29, 0.717) is 5.56 Å². The summed E-state index contributed by atoms with van der Waals surface area (Å²) < 4.78 is 5.23. The number of pyridine rings is 1. The summed E-state index contributed by atoms with van der Waals surface area (Å²) in [5, 5.41) is 1.88. The molecule has 3 heteroatoms. The highest BCUT2D eigenvalue weighted by molar-refractivity contribution is 6.11. The summed E-state index contributed by atoms with van der Waals surface area (Å²) in [5.41, 5.74) is -0.160. The molecule has 1 heterocycles. The number of aromatic nitrogens is 1. The highest BCUT2D eigenvalue weighted by Gasteiger charge is 2.29. The number of hydrogen-bond acceptors (Lipinski definition) is 3. The maximum absolute atomic E-state index is 12.4. The van der Waals surface area contributed by atoms with E-state index < -0.39 is 5.60 Å². The Hall–Kier alpha value is -1.74. The third-order valence-corrected chi connectivity index (χ3v) is 2.99. The first-order valence-corrected chi connectivity index (χ1v) is 5.49. The highest BCUT2D eigenvalue weighted by atomic mass is 16.5. The van der Waals surface area contributed by atoms with Crippen LogP contribution in [0.25, 0.3) is 10.8 Å². The molecule has 88 valence electrons. The van der Waals surface area contributed by atoms with Crippen molar-refractivity contribution in [3.63, 3.8) is 0 Å². The van der Waals surface area contributed by atoms with Crippen LogP contribution in [0.5, 0.6) is 0 Å². The van der Waals surface area contributed by atoms with E-state index in [1.54, 1.807) is 33.4 Å². The Morgan fingerprint density at radius 1 is 1.29 bits per heavy atom. The van der Waals surface area contributed by atoms with Gasteiger partial charge in [0, 0.05) is 30.5 Å². The summed E-state index contributed by atoms with van der Waals surface area (Å²) in [6.07, 6.45) is 3.44. The fourth-order valence-corrected chi connectivity index (χ4v) is 1.73. The minimum atomic E-state index is -0.815. The Bertz CT molecular complexity index is 556. The minimum Gasteiger partial charge on any atom is -0.371 e. The number of Topliss-reactive ketones (excluding diaryl/α,β-unsaturated/α-hetero) is 1. The number of carbonyl (C=O) groups is 1. The predicted molar refractivity (Wildman–Crippen MR) is 67.2 cm³/mol. The molecule has 2 aromatic rings. The number of methoxy groups -OCH3 is 1. The van der Waals surface area contributed by atoms with Crippen LogP contribution < -0.4 is 0 Å². The normalized spacial score (nSPS) is 11.7. The molecule has 0 unspecified atom stereocenters. The Kier molecular flexibility index (Phi) is 2.94. The Labute approximate surface area is 100 Å².